The Morgan fingerprint density at radius 3 is 2.79 bits per heavy atom. The third kappa shape index (κ3) is 3.35. The van der Waals surface area contributed by atoms with Gasteiger partial charge in [0, 0.05) is 23.6 Å². The number of halogens is 2. The zero-order chi connectivity index (χ0) is 20.0. The van der Waals surface area contributed by atoms with E-state index in [1.807, 2.05) is 60.4 Å². The molecule has 0 aliphatic carbocycles. The van der Waals surface area contributed by atoms with Crippen LogP contribution in [0.3, 0.4) is 0 Å². The van der Waals surface area contributed by atoms with Gasteiger partial charge in [0.05, 0.1) is 15.7 Å². The number of pyridine rings is 1. The lowest BCUT2D eigenvalue weighted by molar-refractivity contribution is 0.226. The smallest absolute Gasteiger partial charge is 0.161 e. The summed E-state index contributed by atoms with van der Waals surface area (Å²) in [6.07, 6.45) is 2.89. The lowest BCUT2D eigenvalue weighted by Crippen LogP contribution is -2.35. The summed E-state index contributed by atoms with van der Waals surface area (Å²) in [5.74, 6) is 2.72. The number of furan rings is 1. The number of aromatic nitrogens is 1. The lowest BCUT2D eigenvalue weighted by Gasteiger charge is -2.30. The zero-order valence-electron chi connectivity index (χ0n) is 15.8. The first kappa shape index (κ1) is 19.0. The Balaban J connectivity index is 1.55. The highest BCUT2D eigenvalue weighted by molar-refractivity contribution is 8.14. The summed E-state index contributed by atoms with van der Waals surface area (Å²) >= 11 is 14.1. The highest BCUT2D eigenvalue weighted by Crippen LogP contribution is 2.49. The van der Waals surface area contributed by atoms with Crippen molar-refractivity contribution in [1.82, 2.24) is 9.88 Å². The average Bonchev–Trinajstić information content (AvgIpc) is 3.45. The molecule has 1 fully saturated rings. The summed E-state index contributed by atoms with van der Waals surface area (Å²) in [6, 6.07) is 15.9. The van der Waals surface area contributed by atoms with Crippen LogP contribution in [0.25, 0.3) is 11.3 Å². The first-order chi connectivity index (χ1) is 14.2. The van der Waals surface area contributed by atoms with E-state index in [0.717, 1.165) is 40.1 Å². The number of thioether (sulfide) groups is 1. The highest BCUT2D eigenvalue weighted by atomic mass is 35.5. The number of hydrogen-bond acceptors (Lipinski definition) is 5. The topological polar surface area (TPSA) is 41.6 Å². The van der Waals surface area contributed by atoms with Crippen molar-refractivity contribution in [3.05, 3.63) is 76.2 Å². The van der Waals surface area contributed by atoms with Gasteiger partial charge in [-0.15, -0.1) is 0 Å². The van der Waals surface area contributed by atoms with Crippen molar-refractivity contribution >= 4 is 40.1 Å². The Bertz CT molecular complexity index is 1070. The van der Waals surface area contributed by atoms with Crippen molar-refractivity contribution < 1.29 is 4.42 Å². The van der Waals surface area contributed by atoms with Crippen molar-refractivity contribution in [2.75, 3.05) is 5.75 Å². The van der Waals surface area contributed by atoms with Crippen molar-refractivity contribution in [2.45, 2.75) is 31.5 Å². The maximum atomic E-state index is 6.35. The molecule has 0 radical (unpaired) electrons. The predicted molar refractivity (Wildman–Crippen MR) is 120 cm³/mol. The van der Waals surface area contributed by atoms with Crippen molar-refractivity contribution in [3.63, 3.8) is 0 Å². The van der Waals surface area contributed by atoms with E-state index in [2.05, 4.69) is 16.8 Å². The second-order valence-corrected chi connectivity index (χ2v) is 8.97. The number of nitrogens with zero attached hydrogens (tertiary/aromatic N) is 3. The van der Waals surface area contributed by atoms with Crippen LogP contribution in [0.4, 0.5) is 0 Å². The van der Waals surface area contributed by atoms with E-state index < -0.39 is 0 Å². The van der Waals surface area contributed by atoms with Gasteiger partial charge >= 0.3 is 0 Å². The second kappa shape index (κ2) is 7.71. The molecule has 2 aliphatic rings. The van der Waals surface area contributed by atoms with E-state index >= 15 is 0 Å². The fourth-order valence-corrected chi connectivity index (χ4v) is 5.61. The molecule has 1 aromatic carbocycles. The third-order valence-corrected chi connectivity index (χ3v) is 7.32. The fraction of sp³-hybridized carbons (Fsp3) is 0.273. The van der Waals surface area contributed by atoms with Gasteiger partial charge in [-0.3, -0.25) is 4.98 Å². The summed E-state index contributed by atoms with van der Waals surface area (Å²) in [7, 11) is 0. The molecule has 2 aromatic heterocycles. The minimum Gasteiger partial charge on any atom is -0.459 e. The molecule has 3 atom stereocenters. The number of benzene rings is 1. The SMILES string of the molecule is CC[C@H]1CSC2=N[C@H](c3ccccn3)[C@@H](c3ccc(-c4ccc(Cl)c(Cl)c4)o3)N21. The van der Waals surface area contributed by atoms with E-state index in [0.29, 0.717) is 16.1 Å². The molecule has 0 bridgehead atoms. The molecule has 0 N–H and O–H groups in total. The Morgan fingerprint density at radius 1 is 1.14 bits per heavy atom. The van der Waals surface area contributed by atoms with Crippen LogP contribution in [0, 0.1) is 0 Å². The van der Waals surface area contributed by atoms with Gasteiger partial charge in [-0.2, -0.15) is 0 Å². The van der Waals surface area contributed by atoms with Crippen LogP contribution in [0.5, 0.6) is 0 Å². The van der Waals surface area contributed by atoms with E-state index in [1.165, 1.54) is 0 Å². The van der Waals surface area contributed by atoms with Gasteiger partial charge in [-0.25, -0.2) is 4.99 Å². The van der Waals surface area contributed by atoms with Crippen molar-refractivity contribution in [1.29, 1.82) is 0 Å². The predicted octanol–water partition coefficient (Wildman–Crippen LogP) is 6.63. The van der Waals surface area contributed by atoms with Crippen molar-refractivity contribution in [2.24, 2.45) is 4.99 Å². The van der Waals surface area contributed by atoms with Crippen LogP contribution in [-0.2, 0) is 0 Å². The molecule has 0 spiro atoms. The molecule has 4 heterocycles. The lowest BCUT2D eigenvalue weighted by atomic mass is 10.0. The standard InChI is InChI=1S/C22H19Cl2N3OS/c1-2-14-12-29-22-26-20(17-5-3-4-10-25-17)21(27(14)22)19-9-8-18(28-19)13-6-7-15(23)16(24)11-13/h3-11,14,20-21H,2,12H2,1H3/t14-,20+,21+/m0/s1. The molecule has 0 amide bonds. The van der Waals surface area contributed by atoms with Gasteiger partial charge in [0.1, 0.15) is 23.6 Å². The number of amidine groups is 1. The largest absolute Gasteiger partial charge is 0.459 e. The molecular formula is C22H19Cl2N3OS. The summed E-state index contributed by atoms with van der Waals surface area (Å²) in [6.45, 7) is 2.22. The molecule has 29 heavy (non-hydrogen) atoms. The molecule has 148 valence electrons. The van der Waals surface area contributed by atoms with Gasteiger partial charge in [-0.1, -0.05) is 48.0 Å². The van der Waals surface area contributed by atoms with E-state index in [1.54, 1.807) is 6.07 Å². The molecule has 1 saturated heterocycles. The third-order valence-electron chi connectivity index (χ3n) is 5.45. The average molecular weight is 444 g/mol. The summed E-state index contributed by atoms with van der Waals surface area (Å²) in [5.41, 5.74) is 1.87. The van der Waals surface area contributed by atoms with Gasteiger partial charge in [0.15, 0.2) is 5.17 Å². The Kier molecular flexibility index (Phi) is 5.06. The van der Waals surface area contributed by atoms with E-state index in [4.69, 9.17) is 32.6 Å². The van der Waals surface area contributed by atoms with Crippen molar-refractivity contribution in [3.8, 4) is 11.3 Å². The molecule has 0 saturated carbocycles. The number of hydrogen-bond donors (Lipinski definition) is 0. The number of aliphatic imine (C=N–C) groups is 1. The minimum absolute atomic E-state index is 0.00336. The normalized spacial score (nSPS) is 23.3. The molecule has 5 rings (SSSR count). The first-order valence-corrected chi connectivity index (χ1v) is 11.3. The maximum absolute atomic E-state index is 6.35. The second-order valence-electron chi connectivity index (χ2n) is 7.17. The van der Waals surface area contributed by atoms with Gasteiger partial charge in [0.25, 0.3) is 0 Å². The summed E-state index contributed by atoms with van der Waals surface area (Å²) in [5, 5.41) is 2.14. The molecular weight excluding hydrogens is 425 g/mol. The van der Waals surface area contributed by atoms with Crippen LogP contribution in [-0.4, -0.2) is 26.8 Å². The molecule has 4 nitrogen and oxygen atoms in total. The molecule has 3 aromatic rings. The van der Waals surface area contributed by atoms with Crippen LogP contribution in [0.15, 0.2) is 64.1 Å². The van der Waals surface area contributed by atoms with Crippen LogP contribution >= 0.6 is 35.0 Å². The van der Waals surface area contributed by atoms with Gasteiger partial charge in [0.2, 0.25) is 0 Å². The monoisotopic (exact) mass is 443 g/mol. The fourth-order valence-electron chi connectivity index (χ4n) is 3.98. The Labute approximate surface area is 183 Å². The number of fused-ring (bicyclic) bond motifs is 1. The Morgan fingerprint density at radius 2 is 2.03 bits per heavy atom. The molecule has 0 unspecified atom stereocenters. The zero-order valence-corrected chi connectivity index (χ0v) is 18.1. The summed E-state index contributed by atoms with van der Waals surface area (Å²) < 4.78 is 6.35. The van der Waals surface area contributed by atoms with Crippen LogP contribution < -0.4 is 0 Å². The highest BCUT2D eigenvalue weighted by Gasteiger charge is 2.46. The van der Waals surface area contributed by atoms with Crippen LogP contribution in [0.2, 0.25) is 10.0 Å². The number of rotatable bonds is 4. The quantitative estimate of drug-likeness (QED) is 0.453. The molecule has 7 heteroatoms. The molecule has 2 aliphatic heterocycles. The van der Waals surface area contributed by atoms with Gasteiger partial charge < -0.3 is 9.32 Å². The van der Waals surface area contributed by atoms with E-state index in [-0.39, 0.29) is 12.1 Å². The first-order valence-electron chi connectivity index (χ1n) is 9.60. The Hall–Kier alpha value is -1.95. The minimum atomic E-state index is -0.0825. The van der Waals surface area contributed by atoms with E-state index in [9.17, 15) is 0 Å². The van der Waals surface area contributed by atoms with Crippen LogP contribution in [0.1, 0.15) is 36.9 Å². The summed E-state index contributed by atoms with van der Waals surface area (Å²) in [4.78, 5) is 12.0. The van der Waals surface area contributed by atoms with Gasteiger partial charge in [-0.05, 0) is 48.9 Å². The maximum Gasteiger partial charge on any atom is 0.161 e.